The van der Waals surface area contributed by atoms with Gasteiger partial charge < -0.3 is 10.4 Å². The van der Waals surface area contributed by atoms with Gasteiger partial charge in [0.25, 0.3) is 0 Å². The molecule has 5 nitrogen and oxygen atoms in total. The van der Waals surface area contributed by atoms with Crippen LogP contribution in [0.5, 0.6) is 0 Å². The minimum atomic E-state index is -1.19. The predicted molar refractivity (Wildman–Crippen MR) is 61.0 cm³/mol. The standard InChI is InChI=1S/C11H14F2N2O3/c1-7(6-16)4-14-5-8-2-11(15(17)18)10(13)3-9(8)12/h2-3,7,14,16H,4-6H2,1H3. The Bertz CT molecular complexity index is 441. The lowest BCUT2D eigenvalue weighted by Crippen LogP contribution is -2.23. The van der Waals surface area contributed by atoms with E-state index in [-0.39, 0.29) is 24.6 Å². The molecule has 0 saturated heterocycles. The molecule has 0 aliphatic carbocycles. The molecule has 0 fully saturated rings. The Morgan fingerprint density at radius 1 is 1.44 bits per heavy atom. The summed E-state index contributed by atoms with van der Waals surface area (Å²) in [5.41, 5.74) is -0.725. The number of rotatable bonds is 6. The molecule has 0 heterocycles. The second-order valence-corrected chi connectivity index (χ2v) is 4.07. The van der Waals surface area contributed by atoms with Crippen molar-refractivity contribution in [2.75, 3.05) is 13.2 Å². The quantitative estimate of drug-likeness (QED) is 0.601. The van der Waals surface area contributed by atoms with Crippen molar-refractivity contribution in [3.8, 4) is 0 Å². The highest BCUT2D eigenvalue weighted by Crippen LogP contribution is 2.21. The first-order valence-corrected chi connectivity index (χ1v) is 5.39. The lowest BCUT2D eigenvalue weighted by Gasteiger charge is -2.10. The van der Waals surface area contributed by atoms with Crippen molar-refractivity contribution in [2.24, 2.45) is 5.92 Å². The number of aliphatic hydroxyl groups excluding tert-OH is 1. The first-order valence-electron chi connectivity index (χ1n) is 5.39. The molecule has 0 bridgehead atoms. The Morgan fingerprint density at radius 3 is 2.67 bits per heavy atom. The number of benzene rings is 1. The lowest BCUT2D eigenvalue weighted by atomic mass is 10.1. The molecular formula is C11H14F2N2O3. The number of nitro benzene ring substituents is 1. The number of aliphatic hydroxyl groups is 1. The molecule has 7 heteroatoms. The van der Waals surface area contributed by atoms with Crippen LogP contribution in [0.4, 0.5) is 14.5 Å². The van der Waals surface area contributed by atoms with Gasteiger partial charge in [0, 0.05) is 37.4 Å². The summed E-state index contributed by atoms with van der Waals surface area (Å²) in [6, 6.07) is 1.38. The highest BCUT2D eigenvalue weighted by Gasteiger charge is 2.18. The van der Waals surface area contributed by atoms with Crippen LogP contribution in [-0.4, -0.2) is 23.2 Å². The smallest absolute Gasteiger partial charge is 0.305 e. The zero-order valence-electron chi connectivity index (χ0n) is 9.82. The van der Waals surface area contributed by atoms with Crippen LogP contribution in [0.15, 0.2) is 12.1 Å². The minimum absolute atomic E-state index is 0.0107. The normalized spacial score (nSPS) is 12.4. The van der Waals surface area contributed by atoms with E-state index in [1.165, 1.54) is 0 Å². The largest absolute Gasteiger partial charge is 0.396 e. The van der Waals surface area contributed by atoms with Gasteiger partial charge in [0.1, 0.15) is 5.82 Å². The van der Waals surface area contributed by atoms with Gasteiger partial charge in [0.15, 0.2) is 0 Å². The summed E-state index contributed by atoms with van der Waals surface area (Å²) >= 11 is 0. The van der Waals surface area contributed by atoms with Gasteiger partial charge >= 0.3 is 5.69 Å². The summed E-state index contributed by atoms with van der Waals surface area (Å²) in [6.07, 6.45) is 0. The molecule has 0 saturated carbocycles. The zero-order chi connectivity index (χ0) is 13.7. The Labute approximate surface area is 103 Å². The first-order chi connectivity index (χ1) is 8.45. The summed E-state index contributed by atoms with van der Waals surface area (Å²) in [5.74, 6) is -2.03. The molecule has 1 aromatic carbocycles. The highest BCUT2D eigenvalue weighted by molar-refractivity contribution is 5.37. The molecule has 1 rings (SSSR count). The fourth-order valence-corrected chi connectivity index (χ4v) is 1.37. The molecule has 0 radical (unpaired) electrons. The maximum Gasteiger partial charge on any atom is 0.305 e. The third kappa shape index (κ3) is 3.71. The van der Waals surface area contributed by atoms with Gasteiger partial charge in [0.05, 0.1) is 4.92 Å². The third-order valence-electron chi connectivity index (χ3n) is 2.43. The fourth-order valence-electron chi connectivity index (χ4n) is 1.37. The Balaban J connectivity index is 2.76. The maximum absolute atomic E-state index is 13.3. The summed E-state index contributed by atoms with van der Waals surface area (Å²) < 4.78 is 26.4. The van der Waals surface area contributed by atoms with Crippen molar-refractivity contribution < 1.29 is 18.8 Å². The van der Waals surface area contributed by atoms with Crippen LogP contribution in [0.3, 0.4) is 0 Å². The van der Waals surface area contributed by atoms with E-state index >= 15 is 0 Å². The Hall–Kier alpha value is -1.60. The van der Waals surface area contributed by atoms with E-state index in [4.69, 9.17) is 5.11 Å². The van der Waals surface area contributed by atoms with Crippen molar-refractivity contribution in [3.63, 3.8) is 0 Å². The van der Waals surface area contributed by atoms with Crippen LogP contribution in [0.1, 0.15) is 12.5 Å². The molecule has 2 N–H and O–H groups in total. The Morgan fingerprint density at radius 2 is 2.11 bits per heavy atom. The van der Waals surface area contributed by atoms with E-state index in [9.17, 15) is 18.9 Å². The van der Waals surface area contributed by atoms with Crippen molar-refractivity contribution in [1.29, 1.82) is 0 Å². The maximum atomic E-state index is 13.3. The summed E-state index contributed by atoms with van der Waals surface area (Å²) in [5, 5.41) is 22.1. The van der Waals surface area contributed by atoms with Crippen molar-refractivity contribution in [3.05, 3.63) is 39.4 Å². The van der Waals surface area contributed by atoms with E-state index < -0.39 is 22.2 Å². The van der Waals surface area contributed by atoms with Crippen molar-refractivity contribution in [1.82, 2.24) is 5.32 Å². The number of hydrogen-bond acceptors (Lipinski definition) is 4. The SMILES string of the molecule is CC(CO)CNCc1cc([N+](=O)[O-])c(F)cc1F. The third-order valence-corrected chi connectivity index (χ3v) is 2.43. The van der Waals surface area contributed by atoms with Crippen LogP contribution in [0.2, 0.25) is 0 Å². The van der Waals surface area contributed by atoms with E-state index in [1.54, 1.807) is 6.92 Å². The molecule has 1 aromatic rings. The van der Waals surface area contributed by atoms with E-state index in [1.807, 2.05) is 0 Å². The number of nitro groups is 1. The molecule has 0 aromatic heterocycles. The van der Waals surface area contributed by atoms with Crippen LogP contribution in [0, 0.1) is 27.7 Å². The van der Waals surface area contributed by atoms with Crippen LogP contribution < -0.4 is 5.32 Å². The van der Waals surface area contributed by atoms with Gasteiger partial charge in [-0.25, -0.2) is 4.39 Å². The average Bonchev–Trinajstić information content (AvgIpc) is 2.31. The zero-order valence-corrected chi connectivity index (χ0v) is 9.82. The summed E-state index contributed by atoms with van der Waals surface area (Å²) in [4.78, 5) is 9.61. The minimum Gasteiger partial charge on any atom is -0.396 e. The van der Waals surface area contributed by atoms with Gasteiger partial charge in [-0.1, -0.05) is 6.92 Å². The molecule has 0 amide bonds. The van der Waals surface area contributed by atoms with E-state index in [0.29, 0.717) is 12.6 Å². The van der Waals surface area contributed by atoms with Gasteiger partial charge in [-0.3, -0.25) is 10.1 Å². The van der Waals surface area contributed by atoms with Crippen molar-refractivity contribution >= 4 is 5.69 Å². The summed E-state index contributed by atoms with van der Waals surface area (Å²) in [7, 11) is 0. The highest BCUT2D eigenvalue weighted by atomic mass is 19.1. The van der Waals surface area contributed by atoms with E-state index in [2.05, 4.69) is 5.32 Å². The molecule has 100 valence electrons. The average molecular weight is 260 g/mol. The second kappa shape index (κ2) is 6.36. The fraction of sp³-hybridized carbons (Fsp3) is 0.455. The van der Waals surface area contributed by atoms with E-state index in [0.717, 1.165) is 6.07 Å². The first kappa shape index (κ1) is 14.5. The van der Waals surface area contributed by atoms with Gasteiger partial charge in [-0.2, -0.15) is 4.39 Å². The van der Waals surface area contributed by atoms with Crippen LogP contribution >= 0.6 is 0 Å². The monoisotopic (exact) mass is 260 g/mol. The van der Waals surface area contributed by atoms with Gasteiger partial charge in [-0.15, -0.1) is 0 Å². The van der Waals surface area contributed by atoms with Crippen LogP contribution in [0.25, 0.3) is 0 Å². The number of halogens is 2. The molecule has 18 heavy (non-hydrogen) atoms. The summed E-state index contributed by atoms with van der Waals surface area (Å²) in [6.45, 7) is 2.24. The van der Waals surface area contributed by atoms with Gasteiger partial charge in [-0.05, 0) is 5.92 Å². The molecule has 1 atom stereocenters. The topological polar surface area (TPSA) is 75.4 Å². The number of nitrogens with one attached hydrogen (secondary N) is 1. The number of nitrogens with zero attached hydrogens (tertiary/aromatic N) is 1. The van der Waals surface area contributed by atoms with Crippen molar-refractivity contribution in [2.45, 2.75) is 13.5 Å². The molecule has 0 aliphatic rings. The molecule has 0 aliphatic heterocycles. The molecule has 1 unspecified atom stereocenters. The molecular weight excluding hydrogens is 246 g/mol. The Kier molecular flexibility index (Phi) is 5.11. The molecule has 0 spiro atoms. The predicted octanol–water partition coefficient (Wildman–Crippen LogP) is 1.59. The lowest BCUT2D eigenvalue weighted by molar-refractivity contribution is -0.387. The second-order valence-electron chi connectivity index (χ2n) is 4.07. The van der Waals surface area contributed by atoms with Gasteiger partial charge in [0.2, 0.25) is 5.82 Å². The van der Waals surface area contributed by atoms with Crippen LogP contribution in [-0.2, 0) is 6.54 Å². The number of hydrogen-bond donors (Lipinski definition) is 2.